The zero-order valence-corrected chi connectivity index (χ0v) is 19.7. The summed E-state index contributed by atoms with van der Waals surface area (Å²) < 4.78 is 2.45. The number of nitrogens with zero attached hydrogens (tertiary/aromatic N) is 2. The molecule has 1 fully saturated rings. The maximum atomic E-state index is 4.26. The molecule has 0 saturated carbocycles. The first-order valence-corrected chi connectivity index (χ1v) is 11.5. The third kappa shape index (κ3) is 6.65. The molecule has 2 heterocycles. The fraction of sp³-hybridized carbons (Fsp3) is 0.259. The minimum atomic E-state index is 1.03. The molecule has 3 nitrogen and oxygen atoms in total. The Kier molecular flexibility index (Phi) is 8.21. The van der Waals surface area contributed by atoms with Gasteiger partial charge in [-0.1, -0.05) is 60.7 Å². The van der Waals surface area contributed by atoms with Gasteiger partial charge in [0, 0.05) is 42.5 Å². The predicted molar refractivity (Wildman–Crippen MR) is 136 cm³/mol. The lowest BCUT2D eigenvalue weighted by Crippen LogP contribution is -2.44. The summed E-state index contributed by atoms with van der Waals surface area (Å²) >= 11 is 1.86. The standard InChI is InChI=1S/C23H25N3S.C4H8/c1-18-17-22(20-9-5-3-6-10-20)24-23(18)19(2)25-13-15-26(16-14-25)27-21-11-7-4-8-12-21;1-4(2)3/h3-12,17,24H,1,13-16H2,2H3;1H2,2-3H3/b23-19-;. The first-order valence-electron chi connectivity index (χ1n) is 10.7. The summed E-state index contributed by atoms with van der Waals surface area (Å²) in [4.78, 5) is 7.36. The topological polar surface area (TPSA) is 22.3 Å². The Morgan fingerprint density at radius 2 is 1.42 bits per heavy atom. The van der Waals surface area contributed by atoms with Gasteiger partial charge in [0.25, 0.3) is 0 Å². The maximum Gasteiger partial charge on any atom is 0.0644 e. The zero-order valence-electron chi connectivity index (χ0n) is 18.9. The minimum Gasteiger partial charge on any atom is -0.371 e. The first-order chi connectivity index (χ1) is 14.9. The third-order valence-electron chi connectivity index (χ3n) is 5.04. The smallest absolute Gasteiger partial charge is 0.0644 e. The quantitative estimate of drug-likeness (QED) is 0.457. The number of nitrogens with one attached hydrogen (secondary N) is 1. The van der Waals surface area contributed by atoms with Crippen molar-refractivity contribution in [2.45, 2.75) is 25.7 Å². The van der Waals surface area contributed by atoms with Crippen LogP contribution in [-0.4, -0.2) is 40.4 Å². The molecule has 162 valence electrons. The van der Waals surface area contributed by atoms with Crippen molar-refractivity contribution in [3.8, 4) is 11.3 Å². The molecule has 0 spiro atoms. The van der Waals surface area contributed by atoms with Gasteiger partial charge in [0.05, 0.1) is 5.35 Å². The fourth-order valence-electron chi connectivity index (χ4n) is 3.50. The summed E-state index contributed by atoms with van der Waals surface area (Å²) in [5.74, 6) is 0. The summed E-state index contributed by atoms with van der Waals surface area (Å²) in [7, 11) is 0. The molecule has 0 aliphatic carbocycles. The molecule has 4 heteroatoms. The molecule has 2 aromatic carbocycles. The molecule has 1 saturated heterocycles. The van der Waals surface area contributed by atoms with E-state index in [1.807, 2.05) is 31.9 Å². The summed E-state index contributed by atoms with van der Waals surface area (Å²) in [5.41, 5.74) is 4.78. The average molecular weight is 432 g/mol. The van der Waals surface area contributed by atoms with Gasteiger partial charge in [-0.2, -0.15) is 0 Å². The van der Waals surface area contributed by atoms with Crippen LogP contribution in [-0.2, 0) is 0 Å². The maximum absolute atomic E-state index is 4.26. The predicted octanol–water partition coefficient (Wildman–Crippen LogP) is 5.13. The lowest BCUT2D eigenvalue weighted by molar-refractivity contribution is 0.267. The molecule has 0 radical (unpaired) electrons. The van der Waals surface area contributed by atoms with E-state index in [2.05, 4.69) is 94.9 Å². The number of rotatable bonds is 4. The van der Waals surface area contributed by atoms with E-state index in [0.717, 1.165) is 42.4 Å². The van der Waals surface area contributed by atoms with Gasteiger partial charge >= 0.3 is 0 Å². The highest BCUT2D eigenvalue weighted by Gasteiger charge is 2.18. The number of H-pyrrole nitrogens is 1. The van der Waals surface area contributed by atoms with E-state index < -0.39 is 0 Å². The van der Waals surface area contributed by atoms with Crippen LogP contribution in [0.25, 0.3) is 23.5 Å². The summed E-state index contributed by atoms with van der Waals surface area (Å²) in [6.07, 6.45) is 0. The highest BCUT2D eigenvalue weighted by Crippen LogP contribution is 2.24. The second kappa shape index (κ2) is 11.1. The molecule has 1 aliphatic rings. The Hall–Kier alpha value is -2.69. The molecule has 3 aromatic rings. The largest absolute Gasteiger partial charge is 0.371 e. The number of allylic oxidation sites excluding steroid dienone is 1. The van der Waals surface area contributed by atoms with Gasteiger partial charge < -0.3 is 9.88 Å². The number of aromatic nitrogens is 1. The van der Waals surface area contributed by atoms with E-state index in [4.69, 9.17) is 0 Å². The van der Waals surface area contributed by atoms with Crippen LogP contribution in [0.15, 0.2) is 83.8 Å². The molecule has 31 heavy (non-hydrogen) atoms. The van der Waals surface area contributed by atoms with Gasteiger partial charge in [0.15, 0.2) is 0 Å². The van der Waals surface area contributed by atoms with E-state index in [9.17, 15) is 0 Å². The molecule has 0 atom stereocenters. The Bertz CT molecular complexity index is 1070. The number of benzene rings is 2. The molecule has 1 N–H and O–H groups in total. The molecular weight excluding hydrogens is 398 g/mol. The van der Waals surface area contributed by atoms with E-state index in [1.54, 1.807) is 0 Å². The van der Waals surface area contributed by atoms with Crippen molar-refractivity contribution in [1.29, 1.82) is 0 Å². The van der Waals surface area contributed by atoms with Crippen molar-refractivity contribution in [3.05, 3.63) is 89.4 Å². The molecule has 4 rings (SSSR count). The summed E-state index contributed by atoms with van der Waals surface area (Å²) in [5, 5.41) is 2.21. The van der Waals surface area contributed by atoms with Gasteiger partial charge in [-0.3, -0.25) is 0 Å². The molecule has 1 aromatic heterocycles. The van der Waals surface area contributed by atoms with Crippen LogP contribution in [0.2, 0.25) is 0 Å². The highest BCUT2D eigenvalue weighted by molar-refractivity contribution is 7.97. The number of hydrogen-bond acceptors (Lipinski definition) is 3. The van der Waals surface area contributed by atoms with Crippen LogP contribution in [0.4, 0.5) is 0 Å². The Balaban J connectivity index is 0.000000628. The Labute approximate surface area is 190 Å². The number of aromatic amines is 1. The van der Waals surface area contributed by atoms with Crippen LogP contribution < -0.4 is 10.6 Å². The lowest BCUT2D eigenvalue weighted by Gasteiger charge is -2.35. The first kappa shape index (κ1) is 23.0. The highest BCUT2D eigenvalue weighted by atomic mass is 32.2. The van der Waals surface area contributed by atoms with Crippen molar-refractivity contribution in [3.63, 3.8) is 0 Å². The Morgan fingerprint density at radius 1 is 0.871 bits per heavy atom. The minimum absolute atomic E-state index is 1.03. The monoisotopic (exact) mass is 431 g/mol. The number of piperazine rings is 1. The summed E-state index contributed by atoms with van der Waals surface area (Å²) in [6.45, 7) is 18.1. The summed E-state index contributed by atoms with van der Waals surface area (Å²) in [6, 6.07) is 23.2. The van der Waals surface area contributed by atoms with Crippen molar-refractivity contribution in [2.75, 3.05) is 26.2 Å². The second-order valence-electron chi connectivity index (χ2n) is 8.06. The number of hydrogen-bond donors (Lipinski definition) is 1. The lowest BCUT2D eigenvalue weighted by atomic mass is 10.2. The normalized spacial score (nSPS) is 15.1. The SMILES string of the molecule is C=C(C)C.C=c1cc(-c2ccccc2)[nH]/c1=C(/C)N1CCN(Sc2ccccc2)CC1. The van der Waals surface area contributed by atoms with Gasteiger partial charge in [-0.25, -0.2) is 4.31 Å². The van der Waals surface area contributed by atoms with Crippen molar-refractivity contribution in [1.82, 2.24) is 14.2 Å². The van der Waals surface area contributed by atoms with E-state index >= 15 is 0 Å². The van der Waals surface area contributed by atoms with E-state index in [0.29, 0.717) is 0 Å². The average Bonchev–Trinajstić information content (AvgIpc) is 3.16. The Morgan fingerprint density at radius 3 is 2.00 bits per heavy atom. The second-order valence-corrected chi connectivity index (χ2v) is 9.23. The van der Waals surface area contributed by atoms with E-state index in [1.165, 1.54) is 21.7 Å². The van der Waals surface area contributed by atoms with Gasteiger partial charge in [0.2, 0.25) is 0 Å². The molecule has 0 amide bonds. The zero-order chi connectivity index (χ0) is 22.2. The van der Waals surface area contributed by atoms with Gasteiger partial charge in [-0.05, 0) is 61.7 Å². The molecule has 0 bridgehead atoms. The molecular formula is C27H33N3S. The van der Waals surface area contributed by atoms with Crippen LogP contribution in [0, 0.1) is 0 Å². The van der Waals surface area contributed by atoms with Crippen LogP contribution in [0.1, 0.15) is 20.8 Å². The van der Waals surface area contributed by atoms with Crippen LogP contribution >= 0.6 is 11.9 Å². The van der Waals surface area contributed by atoms with E-state index in [-0.39, 0.29) is 0 Å². The van der Waals surface area contributed by atoms with Gasteiger partial charge in [-0.15, -0.1) is 6.58 Å². The fourth-order valence-corrected chi connectivity index (χ4v) is 4.42. The van der Waals surface area contributed by atoms with Crippen LogP contribution in [0.5, 0.6) is 0 Å². The van der Waals surface area contributed by atoms with Crippen molar-refractivity contribution >= 4 is 24.2 Å². The molecule has 1 aliphatic heterocycles. The third-order valence-corrected chi connectivity index (χ3v) is 6.14. The van der Waals surface area contributed by atoms with Crippen LogP contribution in [0.3, 0.4) is 0 Å². The van der Waals surface area contributed by atoms with Crippen molar-refractivity contribution in [2.24, 2.45) is 0 Å². The van der Waals surface area contributed by atoms with Gasteiger partial charge in [0.1, 0.15) is 0 Å². The van der Waals surface area contributed by atoms with Crippen molar-refractivity contribution < 1.29 is 0 Å². The molecule has 0 unspecified atom stereocenters.